The van der Waals surface area contributed by atoms with E-state index in [4.69, 9.17) is 0 Å². The Kier molecular flexibility index (Phi) is 5.01. The zero-order valence-electron chi connectivity index (χ0n) is 9.55. The molecule has 1 nitrogen and oxygen atoms in total. The van der Waals surface area contributed by atoms with E-state index in [0.717, 1.165) is 14.0 Å². The van der Waals surface area contributed by atoms with Gasteiger partial charge in [-0.1, -0.05) is 42.1 Å². The van der Waals surface area contributed by atoms with Crippen molar-refractivity contribution in [3.05, 3.63) is 75.2 Å². The molecular weight excluding hydrogens is 355 g/mol. The molecule has 90 valence electrons. The van der Waals surface area contributed by atoms with E-state index in [2.05, 4.69) is 22.6 Å². The van der Waals surface area contributed by atoms with E-state index in [1.165, 1.54) is 0 Å². The topological polar surface area (TPSA) is 17.1 Å². The molecule has 0 N–H and O–H groups in total. The molecule has 2 rings (SSSR count). The van der Waals surface area contributed by atoms with Crippen molar-refractivity contribution >= 4 is 40.1 Å². The Labute approximate surface area is 124 Å². The second-order valence-electron chi connectivity index (χ2n) is 3.60. The van der Waals surface area contributed by atoms with Crippen LogP contribution in [0.25, 0.3) is 0 Å². The molecule has 0 fully saturated rings. The number of rotatable bonds is 4. The van der Waals surface area contributed by atoms with Gasteiger partial charge < -0.3 is 0 Å². The molecule has 0 aromatic heterocycles. The van der Waals surface area contributed by atoms with E-state index in [-0.39, 0.29) is 5.78 Å². The maximum Gasteiger partial charge on any atom is 0.186 e. The summed E-state index contributed by atoms with van der Waals surface area (Å²) in [7, 11) is 0. The maximum absolute atomic E-state index is 11.8. The lowest BCUT2D eigenvalue weighted by Gasteiger charge is -1.96. The maximum atomic E-state index is 11.8. The fraction of sp³-hybridized carbons (Fsp3) is 0. The third-order valence-corrected chi connectivity index (χ3v) is 3.83. The summed E-state index contributed by atoms with van der Waals surface area (Å²) in [6, 6.07) is 17.6. The zero-order chi connectivity index (χ0) is 12.8. The van der Waals surface area contributed by atoms with Crippen molar-refractivity contribution in [2.45, 2.75) is 4.90 Å². The quantitative estimate of drug-likeness (QED) is 0.335. The van der Waals surface area contributed by atoms with Gasteiger partial charge >= 0.3 is 0 Å². The van der Waals surface area contributed by atoms with Crippen LogP contribution in [-0.4, -0.2) is 5.78 Å². The predicted molar refractivity (Wildman–Crippen MR) is 84.9 cm³/mol. The van der Waals surface area contributed by atoms with Gasteiger partial charge in [0.15, 0.2) is 5.78 Å². The van der Waals surface area contributed by atoms with Crippen molar-refractivity contribution in [1.82, 2.24) is 0 Å². The largest absolute Gasteiger partial charge is 0.289 e. The third-order valence-electron chi connectivity index (χ3n) is 2.30. The van der Waals surface area contributed by atoms with Gasteiger partial charge in [-0.05, 0) is 58.3 Å². The lowest BCUT2D eigenvalue weighted by Crippen LogP contribution is -1.93. The molecule has 0 saturated heterocycles. The third kappa shape index (κ3) is 3.99. The molecule has 0 aliphatic carbocycles. The standard InChI is InChI=1S/C15H11IOS/c16-13-8-6-12(7-9-13)15(17)10-11-18-14-4-2-1-3-5-14/h1-11H/b11-10+. The minimum Gasteiger partial charge on any atom is -0.289 e. The smallest absolute Gasteiger partial charge is 0.186 e. The van der Waals surface area contributed by atoms with Crippen LogP contribution in [0, 0.1) is 3.57 Å². The van der Waals surface area contributed by atoms with Crippen LogP contribution in [0.5, 0.6) is 0 Å². The summed E-state index contributed by atoms with van der Waals surface area (Å²) in [5.41, 5.74) is 0.723. The minimum absolute atomic E-state index is 0.0369. The normalized spacial score (nSPS) is 10.7. The first kappa shape index (κ1) is 13.4. The summed E-state index contributed by atoms with van der Waals surface area (Å²) in [4.78, 5) is 13.0. The molecule has 2 aromatic carbocycles. The van der Waals surface area contributed by atoms with Gasteiger partial charge in [0, 0.05) is 14.0 Å². The van der Waals surface area contributed by atoms with Crippen molar-refractivity contribution in [1.29, 1.82) is 0 Å². The molecule has 0 radical (unpaired) electrons. The van der Waals surface area contributed by atoms with Crippen molar-refractivity contribution in [2.75, 3.05) is 0 Å². The Morgan fingerprint density at radius 2 is 1.67 bits per heavy atom. The Bertz CT molecular complexity index is 546. The number of carbonyl (C=O) groups excluding carboxylic acids is 1. The lowest BCUT2D eigenvalue weighted by atomic mass is 10.1. The second kappa shape index (κ2) is 6.75. The SMILES string of the molecule is O=C(/C=C/Sc1ccccc1)c1ccc(I)cc1. The van der Waals surface area contributed by atoms with Crippen LogP contribution in [0.3, 0.4) is 0 Å². The molecule has 0 aliphatic rings. The molecule has 0 atom stereocenters. The van der Waals surface area contributed by atoms with Crippen LogP contribution in [0.4, 0.5) is 0 Å². The Morgan fingerprint density at radius 3 is 2.33 bits per heavy atom. The van der Waals surface area contributed by atoms with Crippen molar-refractivity contribution in [3.8, 4) is 0 Å². The molecule has 0 saturated carbocycles. The molecule has 0 amide bonds. The van der Waals surface area contributed by atoms with E-state index in [0.29, 0.717) is 0 Å². The zero-order valence-corrected chi connectivity index (χ0v) is 12.5. The number of ketones is 1. The van der Waals surface area contributed by atoms with E-state index < -0.39 is 0 Å². The molecule has 0 unspecified atom stereocenters. The molecule has 0 spiro atoms. The number of carbonyl (C=O) groups is 1. The van der Waals surface area contributed by atoms with Crippen molar-refractivity contribution in [3.63, 3.8) is 0 Å². The van der Waals surface area contributed by atoms with Gasteiger partial charge in [-0.2, -0.15) is 0 Å². The highest BCUT2D eigenvalue weighted by atomic mass is 127. The van der Waals surface area contributed by atoms with Gasteiger partial charge in [0.05, 0.1) is 0 Å². The molecule has 18 heavy (non-hydrogen) atoms. The van der Waals surface area contributed by atoms with E-state index in [1.54, 1.807) is 17.8 Å². The first-order valence-corrected chi connectivity index (χ1v) is 7.40. The first-order chi connectivity index (χ1) is 8.75. The molecular formula is C15H11IOS. The Hall–Kier alpha value is -1.07. The van der Waals surface area contributed by atoms with Gasteiger partial charge in [-0.15, -0.1) is 0 Å². The van der Waals surface area contributed by atoms with Crippen LogP contribution in [0.2, 0.25) is 0 Å². The van der Waals surface area contributed by atoms with E-state index in [1.807, 2.05) is 60.0 Å². The van der Waals surface area contributed by atoms with Gasteiger partial charge in [-0.3, -0.25) is 4.79 Å². The predicted octanol–water partition coefficient (Wildman–Crippen LogP) is 4.78. The average Bonchev–Trinajstić information content (AvgIpc) is 2.40. The summed E-state index contributed by atoms with van der Waals surface area (Å²) >= 11 is 3.77. The van der Waals surface area contributed by atoms with Crippen molar-refractivity contribution < 1.29 is 4.79 Å². The highest BCUT2D eigenvalue weighted by Gasteiger charge is 2.00. The molecule has 0 aliphatic heterocycles. The second-order valence-corrected chi connectivity index (χ2v) is 5.83. The van der Waals surface area contributed by atoms with E-state index >= 15 is 0 Å². The summed E-state index contributed by atoms with van der Waals surface area (Å²) in [6.07, 6.45) is 1.61. The fourth-order valence-corrected chi connectivity index (χ4v) is 2.41. The van der Waals surface area contributed by atoms with Crippen LogP contribution < -0.4 is 0 Å². The van der Waals surface area contributed by atoms with Crippen LogP contribution in [-0.2, 0) is 0 Å². The number of thioether (sulfide) groups is 1. The fourth-order valence-electron chi connectivity index (χ4n) is 1.38. The number of halogens is 1. The summed E-state index contributed by atoms with van der Waals surface area (Å²) in [6.45, 7) is 0. The van der Waals surface area contributed by atoms with Gasteiger partial charge in [0.1, 0.15) is 0 Å². The first-order valence-electron chi connectivity index (χ1n) is 5.44. The number of allylic oxidation sites excluding steroid dienone is 1. The Morgan fingerprint density at radius 1 is 1.00 bits per heavy atom. The van der Waals surface area contributed by atoms with Crippen LogP contribution >= 0.6 is 34.4 Å². The number of benzene rings is 2. The van der Waals surface area contributed by atoms with E-state index in [9.17, 15) is 4.79 Å². The van der Waals surface area contributed by atoms with Gasteiger partial charge in [0.2, 0.25) is 0 Å². The molecule has 0 bridgehead atoms. The molecule has 2 aromatic rings. The molecule has 3 heteroatoms. The molecule has 0 heterocycles. The Balaban J connectivity index is 1.97. The lowest BCUT2D eigenvalue weighted by molar-refractivity contribution is 0.104. The summed E-state index contributed by atoms with van der Waals surface area (Å²) in [5.74, 6) is 0.0369. The highest BCUT2D eigenvalue weighted by Crippen LogP contribution is 2.18. The summed E-state index contributed by atoms with van der Waals surface area (Å²) in [5, 5.41) is 1.83. The van der Waals surface area contributed by atoms with Crippen molar-refractivity contribution in [2.24, 2.45) is 0 Å². The monoisotopic (exact) mass is 366 g/mol. The van der Waals surface area contributed by atoms with Crippen LogP contribution in [0.1, 0.15) is 10.4 Å². The average molecular weight is 366 g/mol. The minimum atomic E-state index is 0.0369. The number of hydrogen-bond donors (Lipinski definition) is 0. The summed E-state index contributed by atoms with van der Waals surface area (Å²) < 4.78 is 1.13. The number of hydrogen-bond acceptors (Lipinski definition) is 2. The van der Waals surface area contributed by atoms with Gasteiger partial charge in [0.25, 0.3) is 0 Å². The highest BCUT2D eigenvalue weighted by molar-refractivity contribution is 14.1. The van der Waals surface area contributed by atoms with Crippen LogP contribution in [0.15, 0.2) is 71.0 Å². The van der Waals surface area contributed by atoms with Gasteiger partial charge in [-0.25, -0.2) is 0 Å².